The quantitative estimate of drug-likeness (QED) is 0.686. The molecule has 0 saturated carbocycles. The van der Waals surface area contributed by atoms with Crippen LogP contribution in [0.3, 0.4) is 0 Å². The molecule has 0 fully saturated rings. The predicted octanol–water partition coefficient (Wildman–Crippen LogP) is 2.49. The predicted molar refractivity (Wildman–Crippen MR) is 65.6 cm³/mol. The fourth-order valence-electron chi connectivity index (χ4n) is 2.66. The molecule has 0 radical (unpaired) electrons. The molecule has 3 rings (SSSR count). The van der Waals surface area contributed by atoms with E-state index in [4.69, 9.17) is 10.7 Å². The molecule has 0 saturated heterocycles. The normalized spacial score (nSPS) is 16.1. The summed E-state index contributed by atoms with van der Waals surface area (Å²) in [4.78, 5) is 4.76. The number of pyridine rings is 1. The van der Waals surface area contributed by atoms with Crippen molar-refractivity contribution >= 4 is 11.3 Å². The van der Waals surface area contributed by atoms with E-state index in [9.17, 15) is 0 Å². The van der Waals surface area contributed by atoms with Crippen LogP contribution in [0, 0.1) is 6.92 Å². The number of aryl methyl sites for hydroxylation is 3. The molecule has 1 aliphatic carbocycles. The number of rotatable bonds is 0. The summed E-state index contributed by atoms with van der Waals surface area (Å²) in [6, 6.07) is 2.00. The molecule has 16 heavy (non-hydrogen) atoms. The average Bonchev–Trinajstić information content (AvgIpc) is 2.46. The molecule has 0 atom stereocenters. The van der Waals surface area contributed by atoms with E-state index in [0.29, 0.717) is 0 Å². The zero-order chi connectivity index (χ0) is 11.1. The van der Waals surface area contributed by atoms with Crippen molar-refractivity contribution < 1.29 is 0 Å². The second-order valence-electron chi connectivity index (χ2n) is 4.72. The maximum atomic E-state index is 5.91. The van der Waals surface area contributed by atoms with Crippen molar-refractivity contribution in [1.82, 2.24) is 9.38 Å². The van der Waals surface area contributed by atoms with E-state index in [0.717, 1.165) is 24.2 Å². The molecule has 2 heterocycles. The van der Waals surface area contributed by atoms with Gasteiger partial charge < -0.3 is 10.1 Å². The second-order valence-corrected chi connectivity index (χ2v) is 4.72. The molecule has 1 aliphatic rings. The Balaban J connectivity index is 2.29. The van der Waals surface area contributed by atoms with E-state index in [1.54, 1.807) is 0 Å². The minimum Gasteiger partial charge on any atom is -0.398 e. The van der Waals surface area contributed by atoms with Crippen LogP contribution in [0.4, 0.5) is 5.69 Å². The third-order valence-electron chi connectivity index (χ3n) is 3.43. The smallest absolute Gasteiger partial charge is 0.140 e. The highest BCUT2D eigenvalue weighted by molar-refractivity contribution is 5.56. The van der Waals surface area contributed by atoms with Crippen molar-refractivity contribution in [2.45, 2.75) is 39.0 Å². The van der Waals surface area contributed by atoms with Gasteiger partial charge in [-0.05, 0) is 44.2 Å². The van der Waals surface area contributed by atoms with Crippen molar-refractivity contribution in [3.8, 4) is 0 Å². The van der Waals surface area contributed by atoms with E-state index < -0.39 is 0 Å². The van der Waals surface area contributed by atoms with Crippen LogP contribution in [0.1, 0.15) is 36.2 Å². The lowest BCUT2D eigenvalue weighted by atomic mass is 10.2. The first kappa shape index (κ1) is 9.70. The van der Waals surface area contributed by atoms with E-state index in [1.165, 1.54) is 36.2 Å². The standard InChI is InChI=1S/C13H17N3/c1-9-7-10(14)8-16-12-6-4-2-3-5-11(12)15-13(9)16/h7-8H,2-6,14H2,1H3. The van der Waals surface area contributed by atoms with Gasteiger partial charge in [0.15, 0.2) is 0 Å². The van der Waals surface area contributed by atoms with Crippen LogP contribution in [0.15, 0.2) is 12.3 Å². The Bertz CT molecular complexity index is 540. The van der Waals surface area contributed by atoms with Gasteiger partial charge in [-0.15, -0.1) is 0 Å². The monoisotopic (exact) mass is 215 g/mol. The first-order chi connectivity index (χ1) is 7.75. The lowest BCUT2D eigenvalue weighted by molar-refractivity contribution is 0.701. The lowest BCUT2D eigenvalue weighted by Gasteiger charge is -2.04. The molecule has 84 valence electrons. The highest BCUT2D eigenvalue weighted by atomic mass is 15.0. The van der Waals surface area contributed by atoms with Crippen molar-refractivity contribution in [2.24, 2.45) is 0 Å². The number of aromatic nitrogens is 2. The summed E-state index contributed by atoms with van der Waals surface area (Å²) >= 11 is 0. The summed E-state index contributed by atoms with van der Waals surface area (Å²) < 4.78 is 2.20. The first-order valence-electron chi connectivity index (χ1n) is 6.01. The van der Waals surface area contributed by atoms with Crippen LogP contribution < -0.4 is 5.73 Å². The van der Waals surface area contributed by atoms with E-state index in [1.807, 2.05) is 12.3 Å². The van der Waals surface area contributed by atoms with Gasteiger partial charge in [-0.2, -0.15) is 0 Å². The Morgan fingerprint density at radius 2 is 2.06 bits per heavy atom. The van der Waals surface area contributed by atoms with E-state index >= 15 is 0 Å². The van der Waals surface area contributed by atoms with Gasteiger partial charge in [0.25, 0.3) is 0 Å². The third-order valence-corrected chi connectivity index (χ3v) is 3.43. The molecular formula is C13H17N3. The summed E-state index contributed by atoms with van der Waals surface area (Å²) in [5.74, 6) is 0. The topological polar surface area (TPSA) is 43.3 Å². The molecule has 0 unspecified atom stereocenters. The number of imidazole rings is 1. The van der Waals surface area contributed by atoms with Gasteiger partial charge in [0.1, 0.15) is 5.65 Å². The zero-order valence-electron chi connectivity index (χ0n) is 9.66. The van der Waals surface area contributed by atoms with Gasteiger partial charge in [-0.25, -0.2) is 4.98 Å². The maximum absolute atomic E-state index is 5.91. The first-order valence-corrected chi connectivity index (χ1v) is 6.01. The fraction of sp³-hybridized carbons (Fsp3) is 0.462. The van der Waals surface area contributed by atoms with Gasteiger partial charge in [0.2, 0.25) is 0 Å². The molecule has 0 aromatic carbocycles. The summed E-state index contributed by atoms with van der Waals surface area (Å²) in [6.07, 6.45) is 8.13. The number of fused-ring (bicyclic) bond motifs is 3. The molecule has 3 heteroatoms. The number of anilines is 1. The third kappa shape index (κ3) is 1.39. The van der Waals surface area contributed by atoms with Gasteiger partial charge in [-0.3, -0.25) is 0 Å². The molecule has 0 bridgehead atoms. The van der Waals surface area contributed by atoms with Crippen LogP contribution in [0.2, 0.25) is 0 Å². The summed E-state index contributed by atoms with van der Waals surface area (Å²) in [5.41, 5.74) is 11.7. The summed E-state index contributed by atoms with van der Waals surface area (Å²) in [7, 11) is 0. The van der Waals surface area contributed by atoms with Gasteiger partial charge in [0, 0.05) is 17.6 Å². The highest BCUT2D eigenvalue weighted by Gasteiger charge is 2.15. The van der Waals surface area contributed by atoms with Crippen molar-refractivity contribution in [1.29, 1.82) is 0 Å². The zero-order valence-corrected chi connectivity index (χ0v) is 9.66. The Morgan fingerprint density at radius 1 is 1.25 bits per heavy atom. The van der Waals surface area contributed by atoms with Gasteiger partial charge in [-0.1, -0.05) is 6.42 Å². The highest BCUT2D eigenvalue weighted by Crippen LogP contribution is 2.24. The number of nitrogens with zero attached hydrogens (tertiary/aromatic N) is 2. The minimum atomic E-state index is 0.828. The van der Waals surface area contributed by atoms with Crippen molar-refractivity contribution in [3.63, 3.8) is 0 Å². The number of hydrogen-bond acceptors (Lipinski definition) is 2. The van der Waals surface area contributed by atoms with Crippen LogP contribution in [-0.2, 0) is 12.8 Å². The Labute approximate surface area is 95.3 Å². The number of hydrogen-bond donors (Lipinski definition) is 1. The molecule has 2 N–H and O–H groups in total. The molecule has 0 aliphatic heterocycles. The Hall–Kier alpha value is -1.51. The second kappa shape index (κ2) is 3.51. The Morgan fingerprint density at radius 3 is 2.94 bits per heavy atom. The largest absolute Gasteiger partial charge is 0.398 e. The Kier molecular flexibility index (Phi) is 2.13. The van der Waals surface area contributed by atoms with Crippen LogP contribution in [0.5, 0.6) is 0 Å². The minimum absolute atomic E-state index is 0.828. The molecule has 2 aromatic heterocycles. The summed E-state index contributed by atoms with van der Waals surface area (Å²) in [5, 5.41) is 0. The average molecular weight is 215 g/mol. The van der Waals surface area contributed by atoms with Gasteiger partial charge >= 0.3 is 0 Å². The lowest BCUT2D eigenvalue weighted by Crippen LogP contribution is -1.98. The van der Waals surface area contributed by atoms with Crippen molar-refractivity contribution in [3.05, 3.63) is 29.2 Å². The number of nitrogens with two attached hydrogens (primary N) is 1. The van der Waals surface area contributed by atoms with Crippen LogP contribution >= 0.6 is 0 Å². The van der Waals surface area contributed by atoms with E-state index in [2.05, 4.69) is 11.3 Å². The number of nitrogen functional groups attached to an aromatic ring is 1. The summed E-state index contributed by atoms with van der Waals surface area (Å²) in [6.45, 7) is 2.08. The molecule has 3 nitrogen and oxygen atoms in total. The van der Waals surface area contributed by atoms with E-state index in [-0.39, 0.29) is 0 Å². The van der Waals surface area contributed by atoms with Gasteiger partial charge in [0.05, 0.1) is 5.69 Å². The molecular weight excluding hydrogens is 198 g/mol. The SMILES string of the molecule is Cc1cc(N)cn2c3c(nc12)CCCCC3. The molecule has 0 spiro atoms. The van der Waals surface area contributed by atoms with Crippen LogP contribution in [-0.4, -0.2) is 9.38 Å². The maximum Gasteiger partial charge on any atom is 0.140 e. The fourth-order valence-corrected chi connectivity index (χ4v) is 2.66. The van der Waals surface area contributed by atoms with Crippen LogP contribution in [0.25, 0.3) is 5.65 Å². The molecule has 0 amide bonds. The molecule has 2 aromatic rings. The van der Waals surface area contributed by atoms with Crippen molar-refractivity contribution in [2.75, 3.05) is 5.73 Å².